The molecule has 1 heterocycles. The summed E-state index contributed by atoms with van der Waals surface area (Å²) >= 11 is 0. The Balaban J connectivity index is 1.99. The van der Waals surface area contributed by atoms with E-state index >= 15 is 0 Å². The predicted octanol–water partition coefficient (Wildman–Crippen LogP) is 0.925. The van der Waals surface area contributed by atoms with Crippen LogP contribution in [0.25, 0.3) is 0 Å². The minimum atomic E-state index is -0.287. The zero-order chi connectivity index (χ0) is 13.2. The quantitative estimate of drug-likeness (QED) is 0.479. The molecule has 0 unspecified atom stereocenters. The van der Waals surface area contributed by atoms with Crippen molar-refractivity contribution < 1.29 is 19.0 Å². The summed E-state index contributed by atoms with van der Waals surface area (Å²) in [6, 6.07) is 0. The van der Waals surface area contributed by atoms with Gasteiger partial charge in [-0.25, -0.2) is 4.79 Å². The van der Waals surface area contributed by atoms with Crippen molar-refractivity contribution in [1.82, 2.24) is 4.90 Å². The molecule has 1 rings (SSSR count). The largest absolute Gasteiger partial charge is 0.464 e. The van der Waals surface area contributed by atoms with Gasteiger partial charge in [-0.05, 0) is 32.7 Å². The molecule has 1 saturated heterocycles. The lowest BCUT2D eigenvalue weighted by Gasteiger charge is -2.26. The average Bonchev–Trinajstić information content (AvgIpc) is 2.36. The maximum absolute atomic E-state index is 11.0. The summed E-state index contributed by atoms with van der Waals surface area (Å²) < 4.78 is 15.4. The van der Waals surface area contributed by atoms with Gasteiger partial charge in [-0.1, -0.05) is 0 Å². The van der Waals surface area contributed by atoms with Crippen molar-refractivity contribution in [3.8, 4) is 0 Å². The Kier molecular flexibility index (Phi) is 7.96. The first-order chi connectivity index (χ1) is 8.72. The van der Waals surface area contributed by atoms with Crippen molar-refractivity contribution in [2.45, 2.75) is 19.8 Å². The number of hydrogen-bond donors (Lipinski definition) is 0. The SMILES string of the molecule is CCOC(=O)COCCN(C)CC1CCOCC1. The molecule has 106 valence electrons. The number of ether oxygens (including phenoxy) is 3. The first-order valence-corrected chi connectivity index (χ1v) is 6.72. The lowest BCUT2D eigenvalue weighted by Crippen LogP contribution is -2.32. The Morgan fingerprint density at radius 1 is 1.39 bits per heavy atom. The molecule has 0 saturated carbocycles. The van der Waals surface area contributed by atoms with Gasteiger partial charge < -0.3 is 19.1 Å². The Morgan fingerprint density at radius 2 is 2.11 bits per heavy atom. The van der Waals surface area contributed by atoms with E-state index in [4.69, 9.17) is 14.2 Å². The molecule has 18 heavy (non-hydrogen) atoms. The zero-order valence-electron chi connectivity index (χ0n) is 11.5. The first kappa shape index (κ1) is 15.4. The molecule has 1 aliphatic heterocycles. The second kappa shape index (κ2) is 9.30. The van der Waals surface area contributed by atoms with Crippen molar-refractivity contribution in [1.29, 1.82) is 0 Å². The molecule has 0 atom stereocenters. The molecule has 0 bridgehead atoms. The van der Waals surface area contributed by atoms with E-state index in [1.165, 1.54) is 0 Å². The van der Waals surface area contributed by atoms with Gasteiger partial charge in [0.25, 0.3) is 0 Å². The van der Waals surface area contributed by atoms with Gasteiger partial charge in [0.05, 0.1) is 13.2 Å². The van der Waals surface area contributed by atoms with E-state index in [-0.39, 0.29) is 12.6 Å². The first-order valence-electron chi connectivity index (χ1n) is 6.72. The smallest absolute Gasteiger partial charge is 0.332 e. The van der Waals surface area contributed by atoms with Gasteiger partial charge >= 0.3 is 5.97 Å². The standard InChI is InChI=1S/C13H25NO4/c1-3-18-13(15)11-17-9-6-14(2)10-12-4-7-16-8-5-12/h12H,3-11H2,1-2H3. The highest BCUT2D eigenvalue weighted by atomic mass is 16.6. The Bertz CT molecular complexity index is 229. The number of carbonyl (C=O) groups is 1. The minimum Gasteiger partial charge on any atom is -0.464 e. The van der Waals surface area contributed by atoms with Crippen LogP contribution in [-0.2, 0) is 19.0 Å². The summed E-state index contributed by atoms with van der Waals surface area (Å²) in [4.78, 5) is 13.3. The maximum atomic E-state index is 11.0. The average molecular weight is 259 g/mol. The molecular formula is C13H25NO4. The molecular weight excluding hydrogens is 234 g/mol. The van der Waals surface area contributed by atoms with Crippen LogP contribution < -0.4 is 0 Å². The van der Waals surface area contributed by atoms with Gasteiger partial charge in [0.2, 0.25) is 0 Å². The summed E-state index contributed by atoms with van der Waals surface area (Å²) in [6.45, 7) is 6.52. The Labute approximate surface area is 109 Å². The summed E-state index contributed by atoms with van der Waals surface area (Å²) in [7, 11) is 2.09. The Hall–Kier alpha value is -0.650. The second-order valence-electron chi connectivity index (χ2n) is 4.68. The molecule has 1 fully saturated rings. The molecule has 5 nitrogen and oxygen atoms in total. The van der Waals surface area contributed by atoms with Crippen LogP contribution in [0, 0.1) is 5.92 Å². The van der Waals surface area contributed by atoms with Gasteiger partial charge in [-0.2, -0.15) is 0 Å². The molecule has 0 N–H and O–H groups in total. The van der Waals surface area contributed by atoms with Crippen molar-refractivity contribution in [3.63, 3.8) is 0 Å². The third kappa shape index (κ3) is 6.93. The maximum Gasteiger partial charge on any atom is 0.332 e. The van der Waals surface area contributed by atoms with Crippen LogP contribution in [-0.4, -0.2) is 64.0 Å². The number of rotatable bonds is 8. The number of nitrogens with zero attached hydrogens (tertiary/aromatic N) is 1. The second-order valence-corrected chi connectivity index (χ2v) is 4.68. The minimum absolute atomic E-state index is 0.0545. The number of likely N-dealkylation sites (N-methyl/N-ethyl adjacent to an activating group) is 1. The van der Waals surface area contributed by atoms with Crippen molar-refractivity contribution >= 4 is 5.97 Å². The van der Waals surface area contributed by atoms with Crippen molar-refractivity contribution in [2.75, 3.05) is 53.2 Å². The molecule has 0 radical (unpaired) electrons. The van der Waals surface area contributed by atoms with Crippen LogP contribution in [0.4, 0.5) is 0 Å². The van der Waals surface area contributed by atoms with E-state index in [0.717, 1.165) is 45.1 Å². The molecule has 0 aromatic heterocycles. The van der Waals surface area contributed by atoms with Gasteiger partial charge in [0, 0.05) is 26.3 Å². The van der Waals surface area contributed by atoms with E-state index in [9.17, 15) is 4.79 Å². The van der Waals surface area contributed by atoms with E-state index in [1.807, 2.05) is 0 Å². The van der Waals surface area contributed by atoms with Crippen LogP contribution in [0.15, 0.2) is 0 Å². The molecule has 0 amide bonds. The van der Waals surface area contributed by atoms with Gasteiger partial charge in [-0.15, -0.1) is 0 Å². The van der Waals surface area contributed by atoms with Crippen molar-refractivity contribution in [3.05, 3.63) is 0 Å². The number of hydrogen-bond acceptors (Lipinski definition) is 5. The fourth-order valence-electron chi connectivity index (χ4n) is 2.04. The van der Waals surface area contributed by atoms with Crippen LogP contribution in [0.1, 0.15) is 19.8 Å². The highest BCUT2D eigenvalue weighted by molar-refractivity contribution is 5.70. The lowest BCUT2D eigenvalue weighted by atomic mass is 10.00. The topological polar surface area (TPSA) is 48.0 Å². The van der Waals surface area contributed by atoms with Gasteiger partial charge in [-0.3, -0.25) is 0 Å². The summed E-state index contributed by atoms with van der Waals surface area (Å²) in [5.74, 6) is 0.443. The highest BCUT2D eigenvalue weighted by Crippen LogP contribution is 2.15. The highest BCUT2D eigenvalue weighted by Gasteiger charge is 2.15. The summed E-state index contributed by atoms with van der Waals surface area (Å²) in [5, 5.41) is 0. The van der Waals surface area contributed by atoms with Gasteiger partial charge in [0.15, 0.2) is 0 Å². The molecule has 0 aromatic rings. The Morgan fingerprint density at radius 3 is 2.78 bits per heavy atom. The van der Waals surface area contributed by atoms with Crippen LogP contribution >= 0.6 is 0 Å². The van der Waals surface area contributed by atoms with E-state index in [1.54, 1.807) is 6.92 Å². The van der Waals surface area contributed by atoms with Gasteiger partial charge in [0.1, 0.15) is 6.61 Å². The van der Waals surface area contributed by atoms with E-state index in [0.29, 0.717) is 13.2 Å². The summed E-state index contributed by atoms with van der Waals surface area (Å²) in [5.41, 5.74) is 0. The third-order valence-corrected chi connectivity index (χ3v) is 3.05. The predicted molar refractivity (Wildman–Crippen MR) is 68.5 cm³/mol. The fraction of sp³-hybridized carbons (Fsp3) is 0.923. The van der Waals surface area contributed by atoms with Crippen LogP contribution in [0.2, 0.25) is 0 Å². The van der Waals surface area contributed by atoms with Crippen LogP contribution in [0.5, 0.6) is 0 Å². The lowest BCUT2D eigenvalue weighted by molar-refractivity contribution is -0.148. The molecule has 1 aliphatic rings. The third-order valence-electron chi connectivity index (χ3n) is 3.05. The molecule has 0 spiro atoms. The van der Waals surface area contributed by atoms with E-state index in [2.05, 4.69) is 11.9 Å². The zero-order valence-corrected chi connectivity index (χ0v) is 11.5. The van der Waals surface area contributed by atoms with Crippen LogP contribution in [0.3, 0.4) is 0 Å². The number of carbonyl (C=O) groups excluding carboxylic acids is 1. The number of esters is 1. The molecule has 0 aliphatic carbocycles. The fourth-order valence-corrected chi connectivity index (χ4v) is 2.04. The normalized spacial score (nSPS) is 17.1. The van der Waals surface area contributed by atoms with E-state index < -0.39 is 0 Å². The molecule has 5 heteroatoms. The molecule has 0 aromatic carbocycles. The van der Waals surface area contributed by atoms with Crippen molar-refractivity contribution in [2.24, 2.45) is 5.92 Å². The summed E-state index contributed by atoms with van der Waals surface area (Å²) in [6.07, 6.45) is 2.29. The monoisotopic (exact) mass is 259 g/mol.